The molecule has 2 aromatic heterocycles. The Balaban J connectivity index is 1.75. The molecule has 1 N–H and O–H groups in total. The number of nitrogens with zero attached hydrogens (tertiary/aromatic N) is 3. The zero-order chi connectivity index (χ0) is 18.1. The summed E-state index contributed by atoms with van der Waals surface area (Å²) >= 11 is 0. The number of rotatable bonds is 4. The highest BCUT2D eigenvalue weighted by Crippen LogP contribution is 2.15. The minimum atomic E-state index is -0.981. The van der Waals surface area contributed by atoms with Gasteiger partial charge in [0.25, 0.3) is 0 Å². The van der Waals surface area contributed by atoms with Gasteiger partial charge in [0.2, 0.25) is 5.91 Å². The Bertz CT molecular complexity index is 1010. The Labute approximate surface area is 141 Å². The van der Waals surface area contributed by atoms with Crippen molar-refractivity contribution in [3.05, 3.63) is 69.8 Å². The molecule has 6 nitrogen and oxygen atoms in total. The molecule has 8 heteroatoms. The molecule has 1 atom stereocenters. The van der Waals surface area contributed by atoms with Gasteiger partial charge in [0, 0.05) is 6.20 Å². The van der Waals surface area contributed by atoms with Gasteiger partial charge in [0.1, 0.15) is 6.54 Å². The highest BCUT2D eigenvalue weighted by Gasteiger charge is 2.15. The molecule has 130 valence electrons. The van der Waals surface area contributed by atoms with E-state index in [2.05, 4.69) is 10.4 Å². The van der Waals surface area contributed by atoms with E-state index in [0.717, 1.165) is 22.4 Å². The fourth-order valence-corrected chi connectivity index (χ4v) is 2.51. The third kappa shape index (κ3) is 3.42. The van der Waals surface area contributed by atoms with Gasteiger partial charge in [-0.1, -0.05) is 6.07 Å². The van der Waals surface area contributed by atoms with E-state index in [4.69, 9.17) is 0 Å². The number of halogens is 2. The topological polar surface area (TPSA) is 68.4 Å². The molecule has 0 aliphatic rings. The average Bonchev–Trinajstić information content (AvgIpc) is 2.85. The van der Waals surface area contributed by atoms with Gasteiger partial charge >= 0.3 is 5.69 Å². The predicted octanol–water partition coefficient (Wildman–Crippen LogP) is 1.96. The molecule has 1 aromatic carbocycles. The number of fused-ring (bicyclic) bond motifs is 1. The maximum Gasteiger partial charge on any atom is 0.350 e. The number of nitrogens with one attached hydrogen (secondary N) is 1. The monoisotopic (exact) mass is 346 g/mol. The van der Waals surface area contributed by atoms with Crippen LogP contribution in [0.1, 0.15) is 24.1 Å². The van der Waals surface area contributed by atoms with Crippen molar-refractivity contribution in [1.82, 2.24) is 19.5 Å². The van der Waals surface area contributed by atoms with Crippen LogP contribution in [0.5, 0.6) is 0 Å². The molecule has 0 saturated heterocycles. The summed E-state index contributed by atoms with van der Waals surface area (Å²) in [6, 6.07) is 6.38. The smallest absolute Gasteiger partial charge is 0.348 e. The molecule has 2 heterocycles. The van der Waals surface area contributed by atoms with E-state index in [-0.39, 0.29) is 6.54 Å². The minimum Gasteiger partial charge on any atom is -0.348 e. The first-order valence-corrected chi connectivity index (χ1v) is 7.65. The highest BCUT2D eigenvalue weighted by molar-refractivity contribution is 5.76. The van der Waals surface area contributed by atoms with Crippen molar-refractivity contribution in [3.63, 3.8) is 0 Å². The van der Waals surface area contributed by atoms with E-state index < -0.39 is 29.3 Å². The van der Waals surface area contributed by atoms with Crippen LogP contribution in [0.4, 0.5) is 8.78 Å². The van der Waals surface area contributed by atoms with Crippen molar-refractivity contribution in [3.8, 4) is 0 Å². The number of carbonyl (C=O) groups is 1. The molecular formula is C17H16F2N4O2. The third-order valence-corrected chi connectivity index (χ3v) is 3.85. The van der Waals surface area contributed by atoms with Crippen LogP contribution in [0.3, 0.4) is 0 Å². The van der Waals surface area contributed by atoms with Gasteiger partial charge < -0.3 is 5.32 Å². The Morgan fingerprint density at radius 3 is 2.72 bits per heavy atom. The van der Waals surface area contributed by atoms with Crippen molar-refractivity contribution >= 4 is 11.6 Å². The first kappa shape index (κ1) is 16.8. The summed E-state index contributed by atoms with van der Waals surface area (Å²) in [5.41, 5.74) is 1.39. The van der Waals surface area contributed by atoms with Crippen molar-refractivity contribution in [2.24, 2.45) is 0 Å². The highest BCUT2D eigenvalue weighted by atomic mass is 19.2. The first-order chi connectivity index (χ1) is 11.8. The van der Waals surface area contributed by atoms with E-state index >= 15 is 0 Å². The number of hydrogen-bond donors (Lipinski definition) is 1. The lowest BCUT2D eigenvalue weighted by Crippen LogP contribution is -2.34. The Morgan fingerprint density at radius 1 is 1.24 bits per heavy atom. The van der Waals surface area contributed by atoms with E-state index in [9.17, 15) is 18.4 Å². The number of pyridine rings is 1. The molecule has 3 rings (SSSR count). The van der Waals surface area contributed by atoms with Gasteiger partial charge in [-0.2, -0.15) is 0 Å². The quantitative estimate of drug-likeness (QED) is 0.785. The maximum atomic E-state index is 13.3. The number of carbonyl (C=O) groups excluding carboxylic acids is 1. The van der Waals surface area contributed by atoms with Crippen molar-refractivity contribution in [2.75, 3.05) is 0 Å². The molecule has 0 bridgehead atoms. The Morgan fingerprint density at radius 2 is 2.00 bits per heavy atom. The fourth-order valence-electron chi connectivity index (χ4n) is 2.51. The van der Waals surface area contributed by atoms with Crippen LogP contribution in [0.15, 0.2) is 41.3 Å². The molecular weight excluding hydrogens is 330 g/mol. The maximum absolute atomic E-state index is 13.3. The van der Waals surface area contributed by atoms with Crippen LogP contribution in [0, 0.1) is 18.6 Å². The lowest BCUT2D eigenvalue weighted by molar-refractivity contribution is -0.122. The second-order valence-corrected chi connectivity index (χ2v) is 5.84. The standard InChI is InChI=1S/C17H16F2N4O2/c1-10-5-6-22-15(7-10)21-23(17(22)25)9-16(24)20-11(2)12-3-4-13(18)14(19)8-12/h3-8,11H,9H2,1-2H3,(H,20,24)/t11-/m0/s1. The summed E-state index contributed by atoms with van der Waals surface area (Å²) in [6.45, 7) is 3.24. The van der Waals surface area contributed by atoms with Crippen molar-refractivity contribution < 1.29 is 13.6 Å². The lowest BCUT2D eigenvalue weighted by Gasteiger charge is -2.14. The summed E-state index contributed by atoms with van der Waals surface area (Å²) in [7, 11) is 0. The van der Waals surface area contributed by atoms with Crippen molar-refractivity contribution in [1.29, 1.82) is 0 Å². The first-order valence-electron chi connectivity index (χ1n) is 7.65. The summed E-state index contributed by atoms with van der Waals surface area (Å²) in [6.07, 6.45) is 1.60. The van der Waals surface area contributed by atoms with Gasteiger partial charge in [-0.05, 0) is 49.2 Å². The number of benzene rings is 1. The molecule has 25 heavy (non-hydrogen) atoms. The predicted molar refractivity (Wildman–Crippen MR) is 87.1 cm³/mol. The zero-order valence-corrected chi connectivity index (χ0v) is 13.7. The largest absolute Gasteiger partial charge is 0.350 e. The zero-order valence-electron chi connectivity index (χ0n) is 13.7. The molecule has 0 unspecified atom stereocenters. The van der Waals surface area contributed by atoms with Gasteiger partial charge in [0.15, 0.2) is 17.3 Å². The van der Waals surface area contributed by atoms with Crippen LogP contribution in [0.2, 0.25) is 0 Å². The summed E-state index contributed by atoms with van der Waals surface area (Å²) in [4.78, 5) is 24.4. The second kappa shape index (κ2) is 6.46. The van der Waals surface area contributed by atoms with Gasteiger partial charge in [-0.25, -0.2) is 18.3 Å². The van der Waals surface area contributed by atoms with Crippen LogP contribution >= 0.6 is 0 Å². The molecule has 3 aromatic rings. The SMILES string of the molecule is Cc1ccn2c(=O)n(CC(=O)N[C@@H](C)c3ccc(F)c(F)c3)nc2c1. The van der Waals surface area contributed by atoms with Gasteiger partial charge in [-0.3, -0.25) is 9.20 Å². The van der Waals surface area contributed by atoms with Gasteiger partial charge in [0.05, 0.1) is 6.04 Å². The molecule has 0 fully saturated rings. The van der Waals surface area contributed by atoms with E-state index in [1.54, 1.807) is 25.3 Å². The number of hydrogen-bond acceptors (Lipinski definition) is 3. The molecule has 0 aliphatic carbocycles. The Hall–Kier alpha value is -3.03. The van der Waals surface area contributed by atoms with Crippen molar-refractivity contribution in [2.45, 2.75) is 26.4 Å². The normalized spacial score (nSPS) is 12.3. The van der Waals surface area contributed by atoms with Crippen LogP contribution in [-0.2, 0) is 11.3 Å². The van der Waals surface area contributed by atoms with Crippen LogP contribution in [-0.4, -0.2) is 20.1 Å². The summed E-state index contributed by atoms with van der Waals surface area (Å²) in [5, 5.41) is 6.75. The lowest BCUT2D eigenvalue weighted by atomic mass is 10.1. The van der Waals surface area contributed by atoms with Crippen LogP contribution < -0.4 is 11.0 Å². The summed E-state index contributed by atoms with van der Waals surface area (Å²) < 4.78 is 28.7. The second-order valence-electron chi connectivity index (χ2n) is 5.84. The number of amides is 1. The molecule has 0 spiro atoms. The van der Waals surface area contributed by atoms with E-state index in [1.807, 2.05) is 6.92 Å². The molecule has 0 aliphatic heterocycles. The number of aromatic nitrogens is 3. The van der Waals surface area contributed by atoms with E-state index in [1.165, 1.54) is 10.5 Å². The number of aryl methyl sites for hydroxylation is 1. The van der Waals surface area contributed by atoms with E-state index in [0.29, 0.717) is 11.2 Å². The molecule has 0 saturated carbocycles. The molecule has 0 radical (unpaired) electrons. The minimum absolute atomic E-state index is 0.270. The van der Waals surface area contributed by atoms with Gasteiger partial charge in [-0.15, -0.1) is 5.10 Å². The third-order valence-electron chi connectivity index (χ3n) is 3.85. The Kier molecular flexibility index (Phi) is 4.35. The average molecular weight is 346 g/mol. The summed E-state index contributed by atoms with van der Waals surface area (Å²) in [5.74, 6) is -2.39. The fraction of sp³-hybridized carbons (Fsp3) is 0.235. The molecule has 1 amide bonds. The van der Waals surface area contributed by atoms with Crippen LogP contribution in [0.25, 0.3) is 5.65 Å².